The van der Waals surface area contributed by atoms with E-state index in [2.05, 4.69) is 4.98 Å². The van der Waals surface area contributed by atoms with E-state index in [0.717, 1.165) is 12.1 Å². The van der Waals surface area contributed by atoms with Crippen molar-refractivity contribution in [3.8, 4) is 11.5 Å². The average Bonchev–Trinajstić information content (AvgIpc) is 2.34. The monoisotopic (exact) mass is 249 g/mol. The van der Waals surface area contributed by atoms with Gasteiger partial charge in [0.25, 0.3) is 0 Å². The molecule has 0 fully saturated rings. The molecule has 92 valence electrons. The Labute approximate surface area is 102 Å². The third-order valence-electron chi connectivity index (χ3n) is 2.16. The van der Waals surface area contributed by atoms with Crippen LogP contribution >= 0.6 is 0 Å². The molecule has 18 heavy (non-hydrogen) atoms. The van der Waals surface area contributed by atoms with Crippen molar-refractivity contribution in [1.29, 1.82) is 5.41 Å². The van der Waals surface area contributed by atoms with Gasteiger partial charge >= 0.3 is 0 Å². The van der Waals surface area contributed by atoms with Crippen LogP contribution in [-0.4, -0.2) is 10.8 Å². The second kappa shape index (κ2) is 4.79. The molecule has 2 rings (SSSR count). The summed E-state index contributed by atoms with van der Waals surface area (Å²) in [5, 5.41) is 7.11. The van der Waals surface area contributed by atoms with Crippen LogP contribution in [0.1, 0.15) is 5.56 Å². The normalized spacial score (nSPS) is 10.1. The third-order valence-corrected chi connectivity index (χ3v) is 2.16. The van der Waals surface area contributed by atoms with Gasteiger partial charge in [-0.15, -0.1) is 0 Å². The molecule has 0 atom stereocenters. The van der Waals surface area contributed by atoms with Gasteiger partial charge in [-0.05, 0) is 24.3 Å². The molecule has 0 bridgehead atoms. The van der Waals surface area contributed by atoms with Gasteiger partial charge in [-0.1, -0.05) is 0 Å². The highest BCUT2D eigenvalue weighted by atomic mass is 19.1. The molecule has 0 unspecified atom stereocenters. The summed E-state index contributed by atoms with van der Waals surface area (Å²) in [5.41, 5.74) is 5.11. The van der Waals surface area contributed by atoms with E-state index in [1.165, 1.54) is 18.5 Å². The number of nitrogens with two attached hydrogens (primary N) is 1. The lowest BCUT2D eigenvalue weighted by Crippen LogP contribution is -2.12. The quantitative estimate of drug-likeness (QED) is 0.648. The smallest absolute Gasteiger partial charge is 0.198 e. The fourth-order valence-electron chi connectivity index (χ4n) is 1.34. The molecule has 0 spiro atoms. The van der Waals surface area contributed by atoms with Gasteiger partial charge in [-0.2, -0.15) is 0 Å². The summed E-state index contributed by atoms with van der Waals surface area (Å²) in [6, 6.07) is 4.98. The maximum atomic E-state index is 13.6. The van der Waals surface area contributed by atoms with Crippen LogP contribution in [0.2, 0.25) is 0 Å². The Bertz CT molecular complexity index is 564. The highest BCUT2D eigenvalue weighted by molar-refractivity contribution is 5.95. The first-order valence-corrected chi connectivity index (χ1v) is 4.99. The molecular formula is C12H9F2N3O. The van der Waals surface area contributed by atoms with Gasteiger partial charge < -0.3 is 10.5 Å². The summed E-state index contributed by atoms with van der Waals surface area (Å²) >= 11 is 0. The summed E-state index contributed by atoms with van der Waals surface area (Å²) in [5.74, 6) is -2.60. The average molecular weight is 249 g/mol. The number of nitrogens with zero attached hydrogens (tertiary/aromatic N) is 1. The number of nitrogen functional groups attached to an aromatic ring is 1. The highest BCUT2D eigenvalue weighted by Gasteiger charge is 2.14. The molecule has 1 aromatic carbocycles. The molecule has 1 heterocycles. The molecule has 0 saturated carbocycles. The number of ether oxygens (including phenoxy) is 1. The van der Waals surface area contributed by atoms with Crippen molar-refractivity contribution < 1.29 is 13.5 Å². The second-order valence-corrected chi connectivity index (χ2v) is 3.47. The van der Waals surface area contributed by atoms with Gasteiger partial charge in [0.1, 0.15) is 11.6 Å². The largest absolute Gasteiger partial charge is 0.450 e. The number of pyridine rings is 1. The van der Waals surface area contributed by atoms with Crippen LogP contribution in [0.3, 0.4) is 0 Å². The lowest BCUT2D eigenvalue weighted by molar-refractivity contribution is 0.406. The van der Waals surface area contributed by atoms with E-state index in [1.54, 1.807) is 6.07 Å². The van der Waals surface area contributed by atoms with Crippen molar-refractivity contribution in [2.45, 2.75) is 0 Å². The number of nitrogens with one attached hydrogen (secondary N) is 1. The minimum Gasteiger partial charge on any atom is -0.450 e. The molecule has 0 aliphatic carbocycles. The lowest BCUT2D eigenvalue weighted by atomic mass is 10.2. The van der Waals surface area contributed by atoms with Crippen molar-refractivity contribution in [1.82, 2.24) is 4.98 Å². The van der Waals surface area contributed by atoms with Crippen molar-refractivity contribution in [3.63, 3.8) is 0 Å². The molecule has 3 N–H and O–H groups in total. The van der Waals surface area contributed by atoms with Gasteiger partial charge in [0.15, 0.2) is 17.4 Å². The van der Waals surface area contributed by atoms with Crippen LogP contribution < -0.4 is 10.5 Å². The first-order valence-electron chi connectivity index (χ1n) is 4.99. The zero-order chi connectivity index (χ0) is 13.1. The molecular weight excluding hydrogens is 240 g/mol. The topological polar surface area (TPSA) is 72.0 Å². The Morgan fingerprint density at radius 3 is 2.44 bits per heavy atom. The van der Waals surface area contributed by atoms with Crippen LogP contribution in [-0.2, 0) is 0 Å². The van der Waals surface area contributed by atoms with E-state index in [9.17, 15) is 8.78 Å². The summed E-state index contributed by atoms with van der Waals surface area (Å²) in [4.78, 5) is 3.76. The van der Waals surface area contributed by atoms with E-state index in [4.69, 9.17) is 15.9 Å². The molecule has 6 heteroatoms. The minimum absolute atomic E-state index is 0.0384. The number of halogens is 2. The fourth-order valence-corrected chi connectivity index (χ4v) is 1.34. The molecule has 1 aromatic heterocycles. The molecule has 0 radical (unpaired) electrons. The number of amidine groups is 1. The molecule has 0 amide bonds. The minimum atomic E-state index is -0.927. The van der Waals surface area contributed by atoms with E-state index in [1.807, 2.05) is 0 Å². The standard InChI is InChI=1S/C12H9F2N3O/c13-9-4-7(12(15)16)5-10(14)11(9)18-8-2-1-3-17-6-8/h1-6H,(H3,15,16). The first kappa shape index (κ1) is 12.0. The first-order chi connectivity index (χ1) is 8.58. The Kier molecular flexibility index (Phi) is 3.18. The van der Waals surface area contributed by atoms with Crippen LogP contribution in [0.4, 0.5) is 8.78 Å². The molecule has 0 aliphatic rings. The van der Waals surface area contributed by atoms with Crippen molar-refractivity contribution >= 4 is 5.84 Å². The van der Waals surface area contributed by atoms with E-state index >= 15 is 0 Å². The number of hydrogen-bond donors (Lipinski definition) is 2. The Morgan fingerprint density at radius 1 is 1.28 bits per heavy atom. The lowest BCUT2D eigenvalue weighted by Gasteiger charge is -2.08. The predicted octanol–water partition coefficient (Wildman–Crippen LogP) is 2.44. The van der Waals surface area contributed by atoms with Gasteiger partial charge in [-0.25, -0.2) is 8.78 Å². The van der Waals surface area contributed by atoms with Crippen molar-refractivity contribution in [2.75, 3.05) is 0 Å². The molecule has 0 aliphatic heterocycles. The maximum absolute atomic E-state index is 13.6. The summed E-state index contributed by atoms with van der Waals surface area (Å²) < 4.78 is 32.3. The molecule has 2 aromatic rings. The molecule has 0 saturated heterocycles. The summed E-state index contributed by atoms with van der Waals surface area (Å²) in [6.45, 7) is 0. The van der Waals surface area contributed by atoms with Gasteiger partial charge in [0.2, 0.25) is 0 Å². The summed E-state index contributed by atoms with van der Waals surface area (Å²) in [6.07, 6.45) is 2.84. The van der Waals surface area contributed by atoms with Crippen molar-refractivity contribution in [3.05, 3.63) is 53.9 Å². The SMILES string of the molecule is N=C(N)c1cc(F)c(Oc2cccnc2)c(F)c1. The van der Waals surface area contributed by atoms with Gasteiger partial charge in [0.05, 0.1) is 6.20 Å². The number of rotatable bonds is 3. The number of benzene rings is 1. The third kappa shape index (κ3) is 2.42. The van der Waals surface area contributed by atoms with Gasteiger partial charge in [0, 0.05) is 11.8 Å². The molecule has 4 nitrogen and oxygen atoms in total. The number of aromatic nitrogens is 1. The zero-order valence-electron chi connectivity index (χ0n) is 9.15. The van der Waals surface area contributed by atoms with Crippen LogP contribution in [0.5, 0.6) is 11.5 Å². The number of hydrogen-bond acceptors (Lipinski definition) is 3. The van der Waals surface area contributed by atoms with E-state index in [0.29, 0.717) is 0 Å². The predicted molar refractivity (Wildman–Crippen MR) is 61.7 cm³/mol. The second-order valence-electron chi connectivity index (χ2n) is 3.47. The maximum Gasteiger partial charge on any atom is 0.198 e. The zero-order valence-corrected chi connectivity index (χ0v) is 9.15. The highest BCUT2D eigenvalue weighted by Crippen LogP contribution is 2.27. The van der Waals surface area contributed by atoms with Crippen molar-refractivity contribution in [2.24, 2.45) is 5.73 Å². The van der Waals surface area contributed by atoms with Gasteiger partial charge in [-0.3, -0.25) is 10.4 Å². The Morgan fingerprint density at radius 2 is 1.94 bits per heavy atom. The van der Waals surface area contributed by atoms with Crippen LogP contribution in [0.25, 0.3) is 0 Å². The van der Waals surface area contributed by atoms with E-state index < -0.39 is 23.2 Å². The fraction of sp³-hybridized carbons (Fsp3) is 0. The summed E-state index contributed by atoms with van der Waals surface area (Å²) in [7, 11) is 0. The van der Waals surface area contributed by atoms with E-state index in [-0.39, 0.29) is 11.3 Å². The van der Waals surface area contributed by atoms with Crippen LogP contribution in [0, 0.1) is 17.0 Å². The Hall–Kier alpha value is -2.50. The van der Waals surface area contributed by atoms with Crippen LogP contribution in [0.15, 0.2) is 36.7 Å². The Balaban J connectivity index is 2.37.